The van der Waals surface area contributed by atoms with E-state index < -0.39 is 5.97 Å². The van der Waals surface area contributed by atoms with Crippen molar-refractivity contribution in [3.05, 3.63) is 70.9 Å². The van der Waals surface area contributed by atoms with Crippen molar-refractivity contribution in [1.29, 1.82) is 0 Å². The highest BCUT2D eigenvalue weighted by Gasteiger charge is 2.38. The second kappa shape index (κ2) is 9.98. The van der Waals surface area contributed by atoms with Crippen molar-refractivity contribution in [1.82, 2.24) is 0 Å². The number of allylic oxidation sites excluding steroid dienone is 1. The highest BCUT2D eigenvalue weighted by molar-refractivity contribution is 6.24. The second-order valence-electron chi connectivity index (χ2n) is 6.78. The lowest BCUT2D eigenvalue weighted by Crippen LogP contribution is -2.24. The van der Waals surface area contributed by atoms with Crippen LogP contribution in [0.5, 0.6) is 11.5 Å². The number of ether oxygens (including phenoxy) is 3. The highest BCUT2D eigenvalue weighted by Crippen LogP contribution is 2.37. The van der Waals surface area contributed by atoms with Gasteiger partial charge in [0.15, 0.2) is 0 Å². The molecule has 0 unspecified atom stereocenters. The van der Waals surface area contributed by atoms with Crippen LogP contribution in [0.25, 0.3) is 6.08 Å². The van der Waals surface area contributed by atoms with Gasteiger partial charge in [0.25, 0.3) is 5.91 Å². The first-order valence-corrected chi connectivity index (χ1v) is 10.4. The Kier molecular flexibility index (Phi) is 7.13. The van der Waals surface area contributed by atoms with Crippen LogP contribution >= 0.6 is 0 Å². The quantitative estimate of drug-likeness (QED) is 0.455. The van der Waals surface area contributed by atoms with Gasteiger partial charge in [-0.05, 0) is 64.1 Å². The maximum absolute atomic E-state index is 13.5. The number of hydrogen-bond acceptors (Lipinski definition) is 5. The molecular weight excluding hydrogens is 394 g/mol. The zero-order valence-electron chi connectivity index (χ0n) is 18.3. The van der Waals surface area contributed by atoms with Gasteiger partial charge in [-0.1, -0.05) is 18.2 Å². The molecule has 0 saturated heterocycles. The molecule has 0 bridgehead atoms. The summed E-state index contributed by atoms with van der Waals surface area (Å²) in [5.41, 5.74) is 2.42. The smallest absolute Gasteiger partial charge is 0.340 e. The average molecular weight is 421 g/mol. The van der Waals surface area contributed by atoms with E-state index >= 15 is 0 Å². The molecule has 1 aliphatic rings. The van der Waals surface area contributed by atoms with Crippen molar-refractivity contribution >= 4 is 23.6 Å². The van der Waals surface area contributed by atoms with Crippen LogP contribution in [0.1, 0.15) is 33.3 Å². The largest absolute Gasteiger partial charge is 0.494 e. The van der Waals surface area contributed by atoms with Crippen molar-refractivity contribution in [2.75, 3.05) is 24.7 Å². The van der Waals surface area contributed by atoms with Gasteiger partial charge in [0.05, 0.1) is 31.0 Å². The minimum atomic E-state index is -0.526. The van der Waals surface area contributed by atoms with E-state index in [0.717, 1.165) is 5.56 Å². The van der Waals surface area contributed by atoms with Crippen LogP contribution < -0.4 is 14.4 Å². The normalized spacial score (nSPS) is 14.9. The second-order valence-corrected chi connectivity index (χ2v) is 6.78. The van der Waals surface area contributed by atoms with E-state index in [-0.39, 0.29) is 23.7 Å². The van der Waals surface area contributed by atoms with Gasteiger partial charge >= 0.3 is 5.97 Å². The molecule has 0 spiro atoms. The Morgan fingerprint density at radius 1 is 0.935 bits per heavy atom. The van der Waals surface area contributed by atoms with Crippen molar-refractivity contribution in [3.63, 3.8) is 0 Å². The number of amides is 1. The van der Waals surface area contributed by atoms with Crippen LogP contribution in [-0.2, 0) is 14.3 Å². The van der Waals surface area contributed by atoms with Crippen molar-refractivity contribution < 1.29 is 23.8 Å². The van der Waals surface area contributed by atoms with Gasteiger partial charge in [0, 0.05) is 16.9 Å². The molecule has 1 aliphatic heterocycles. The monoisotopic (exact) mass is 421 g/mol. The summed E-state index contributed by atoms with van der Waals surface area (Å²) >= 11 is 0. The van der Waals surface area contributed by atoms with Crippen LogP contribution in [0.3, 0.4) is 0 Å². The summed E-state index contributed by atoms with van der Waals surface area (Å²) in [7, 11) is 0. The third kappa shape index (κ3) is 4.63. The number of rotatable bonds is 8. The summed E-state index contributed by atoms with van der Waals surface area (Å²) in [5.74, 6) is 0.537. The predicted molar refractivity (Wildman–Crippen MR) is 120 cm³/mol. The number of carbonyl (C=O) groups excluding carboxylic acids is 2. The minimum absolute atomic E-state index is 0.218. The van der Waals surface area contributed by atoms with Gasteiger partial charge in [0.1, 0.15) is 11.5 Å². The van der Waals surface area contributed by atoms with E-state index in [1.807, 2.05) is 38.1 Å². The summed E-state index contributed by atoms with van der Waals surface area (Å²) in [6.07, 6.45) is 1.69. The standard InChI is InChI=1S/C25H27NO5/c1-5-29-20-14-12-19(13-15-20)26-17(4)23(25(28)31-7-3)21(24(26)27)16-18-10-8-9-11-22(18)30-6-2/h8-16H,5-7H2,1-4H3/b21-16-. The maximum Gasteiger partial charge on any atom is 0.340 e. The lowest BCUT2D eigenvalue weighted by atomic mass is 10.0. The molecule has 3 rings (SSSR count). The van der Waals surface area contributed by atoms with Crippen LogP contribution in [0, 0.1) is 0 Å². The van der Waals surface area contributed by atoms with Crippen LogP contribution in [0.4, 0.5) is 5.69 Å². The molecule has 162 valence electrons. The Balaban J connectivity index is 2.09. The van der Waals surface area contributed by atoms with Gasteiger partial charge in [0.2, 0.25) is 0 Å². The fourth-order valence-corrected chi connectivity index (χ4v) is 3.49. The molecule has 0 atom stereocenters. The molecular formula is C25H27NO5. The van der Waals surface area contributed by atoms with Crippen molar-refractivity contribution in [2.45, 2.75) is 27.7 Å². The third-order valence-corrected chi connectivity index (χ3v) is 4.80. The zero-order valence-corrected chi connectivity index (χ0v) is 18.3. The van der Waals surface area contributed by atoms with Gasteiger partial charge in [-0.15, -0.1) is 0 Å². The van der Waals surface area contributed by atoms with E-state index in [1.165, 1.54) is 4.90 Å². The Hall–Kier alpha value is -3.54. The summed E-state index contributed by atoms with van der Waals surface area (Å²) in [5, 5.41) is 0. The first kappa shape index (κ1) is 22.2. The third-order valence-electron chi connectivity index (χ3n) is 4.80. The van der Waals surface area contributed by atoms with E-state index in [2.05, 4.69) is 0 Å². The number of carbonyl (C=O) groups is 2. The first-order chi connectivity index (χ1) is 15.0. The van der Waals surface area contributed by atoms with Crippen LogP contribution in [0.15, 0.2) is 65.4 Å². The molecule has 0 aromatic heterocycles. The topological polar surface area (TPSA) is 65.1 Å². The number of hydrogen-bond donors (Lipinski definition) is 0. The van der Waals surface area contributed by atoms with E-state index in [1.54, 1.807) is 44.2 Å². The highest BCUT2D eigenvalue weighted by atomic mass is 16.5. The molecule has 0 fully saturated rings. The van der Waals surface area contributed by atoms with E-state index in [9.17, 15) is 9.59 Å². The van der Waals surface area contributed by atoms with E-state index in [4.69, 9.17) is 14.2 Å². The Morgan fingerprint density at radius 3 is 2.26 bits per heavy atom. The first-order valence-electron chi connectivity index (χ1n) is 10.4. The minimum Gasteiger partial charge on any atom is -0.494 e. The van der Waals surface area contributed by atoms with E-state index in [0.29, 0.717) is 36.1 Å². The summed E-state index contributed by atoms with van der Waals surface area (Å²) < 4.78 is 16.4. The zero-order chi connectivity index (χ0) is 22.4. The predicted octanol–water partition coefficient (Wildman–Crippen LogP) is 4.75. The van der Waals surface area contributed by atoms with Crippen LogP contribution in [0.2, 0.25) is 0 Å². The fourth-order valence-electron chi connectivity index (χ4n) is 3.49. The number of esters is 1. The molecule has 1 heterocycles. The summed E-state index contributed by atoms with van der Waals surface area (Å²) in [6.45, 7) is 8.56. The Labute approximate surface area is 182 Å². The molecule has 0 radical (unpaired) electrons. The SMILES string of the molecule is CCOC(=O)C1=C(C)N(c2ccc(OCC)cc2)C(=O)/C1=C\c1ccccc1OCC. The Morgan fingerprint density at radius 2 is 1.61 bits per heavy atom. The molecule has 0 aliphatic carbocycles. The van der Waals surface area contributed by atoms with Gasteiger partial charge in [-0.3, -0.25) is 9.69 Å². The van der Waals surface area contributed by atoms with Gasteiger partial charge in [-0.25, -0.2) is 4.79 Å². The van der Waals surface area contributed by atoms with Crippen molar-refractivity contribution in [2.24, 2.45) is 0 Å². The number of para-hydroxylation sites is 1. The maximum atomic E-state index is 13.5. The number of benzene rings is 2. The molecule has 2 aromatic rings. The molecule has 1 amide bonds. The number of nitrogens with zero attached hydrogens (tertiary/aromatic N) is 1. The van der Waals surface area contributed by atoms with Crippen molar-refractivity contribution in [3.8, 4) is 11.5 Å². The average Bonchev–Trinajstić information content (AvgIpc) is 3.00. The number of anilines is 1. The van der Waals surface area contributed by atoms with Gasteiger partial charge in [-0.2, -0.15) is 0 Å². The van der Waals surface area contributed by atoms with Crippen LogP contribution in [-0.4, -0.2) is 31.7 Å². The molecule has 6 nitrogen and oxygen atoms in total. The van der Waals surface area contributed by atoms with Gasteiger partial charge < -0.3 is 14.2 Å². The molecule has 0 N–H and O–H groups in total. The fraction of sp³-hybridized carbons (Fsp3) is 0.280. The summed E-state index contributed by atoms with van der Waals surface area (Å²) in [4.78, 5) is 27.8. The molecule has 31 heavy (non-hydrogen) atoms. The molecule has 2 aromatic carbocycles. The molecule has 0 saturated carbocycles. The molecule has 6 heteroatoms. The summed E-state index contributed by atoms with van der Waals surface area (Å²) in [6, 6.07) is 14.6. The lowest BCUT2D eigenvalue weighted by Gasteiger charge is -2.18. The lowest BCUT2D eigenvalue weighted by molar-refractivity contribution is -0.138. The Bertz CT molecular complexity index is 1020.